The van der Waals surface area contributed by atoms with E-state index < -0.39 is 23.5 Å². The van der Waals surface area contributed by atoms with Crippen LogP contribution in [0.4, 0.5) is 4.79 Å². The minimum Gasteiger partial charge on any atom is -0.481 e. The van der Waals surface area contributed by atoms with Crippen LogP contribution < -0.4 is 5.32 Å². The number of hydrogen-bond donors (Lipinski definition) is 2. The number of likely N-dealkylation sites (N-methyl/N-ethyl adjacent to an activating group) is 1. The number of rotatable bonds is 8. The van der Waals surface area contributed by atoms with Gasteiger partial charge in [0.05, 0.1) is 5.92 Å². The van der Waals surface area contributed by atoms with Crippen LogP contribution in [0.25, 0.3) is 11.1 Å². The molecule has 0 bridgehead atoms. The molecule has 6 rings (SSSR count). The van der Waals surface area contributed by atoms with Gasteiger partial charge in [-0.3, -0.25) is 14.5 Å². The van der Waals surface area contributed by atoms with E-state index in [1.807, 2.05) is 42.5 Å². The molecule has 0 unspecified atom stereocenters. The van der Waals surface area contributed by atoms with Crippen LogP contribution in [0, 0.1) is 5.92 Å². The molecule has 2 aliphatic carbocycles. The molecular weight excluding hydrogens is 530 g/mol. The zero-order chi connectivity index (χ0) is 29.3. The summed E-state index contributed by atoms with van der Waals surface area (Å²) in [5, 5.41) is 12.3. The molecule has 42 heavy (non-hydrogen) atoms. The fraction of sp³-hybridized carbons (Fsp3) is 0.382. The average Bonchev–Trinajstić information content (AvgIpc) is 3.30. The lowest BCUT2D eigenvalue weighted by Crippen LogP contribution is -2.65. The molecule has 2 amide bonds. The van der Waals surface area contributed by atoms with Crippen molar-refractivity contribution in [3.05, 3.63) is 95.6 Å². The van der Waals surface area contributed by atoms with Gasteiger partial charge in [-0.1, -0.05) is 78.9 Å². The van der Waals surface area contributed by atoms with Crippen LogP contribution >= 0.6 is 0 Å². The molecule has 1 saturated carbocycles. The summed E-state index contributed by atoms with van der Waals surface area (Å²) in [7, 11) is 1.72. The van der Waals surface area contributed by atoms with Gasteiger partial charge in [0.1, 0.15) is 12.1 Å². The van der Waals surface area contributed by atoms with Crippen molar-refractivity contribution in [2.45, 2.75) is 49.7 Å². The molecule has 3 aromatic rings. The smallest absolute Gasteiger partial charge is 0.408 e. The molecule has 0 atom stereocenters. The van der Waals surface area contributed by atoms with Gasteiger partial charge in [-0.15, -0.1) is 0 Å². The lowest BCUT2D eigenvalue weighted by Gasteiger charge is -2.46. The molecule has 3 aliphatic rings. The van der Waals surface area contributed by atoms with E-state index in [2.05, 4.69) is 46.6 Å². The molecule has 2 fully saturated rings. The van der Waals surface area contributed by atoms with Crippen molar-refractivity contribution in [2.24, 2.45) is 5.92 Å². The molecule has 8 nitrogen and oxygen atoms in total. The number of likely N-dealkylation sites (tertiary alicyclic amines) is 1. The molecule has 3 aromatic carbocycles. The van der Waals surface area contributed by atoms with Gasteiger partial charge in [-0.2, -0.15) is 0 Å². The Morgan fingerprint density at radius 2 is 1.48 bits per heavy atom. The van der Waals surface area contributed by atoms with E-state index >= 15 is 0 Å². The van der Waals surface area contributed by atoms with Crippen molar-refractivity contribution in [3.8, 4) is 11.1 Å². The highest BCUT2D eigenvalue weighted by Crippen LogP contribution is 2.44. The maximum absolute atomic E-state index is 14.0. The van der Waals surface area contributed by atoms with E-state index in [1.54, 1.807) is 11.9 Å². The summed E-state index contributed by atoms with van der Waals surface area (Å²) in [5.41, 5.74) is 4.65. The zero-order valence-corrected chi connectivity index (χ0v) is 23.9. The predicted octanol–water partition coefficient (Wildman–Crippen LogP) is 4.88. The van der Waals surface area contributed by atoms with Crippen molar-refractivity contribution in [3.63, 3.8) is 0 Å². The normalized spacial score (nSPS) is 21.0. The number of benzene rings is 3. The first-order chi connectivity index (χ1) is 20.3. The lowest BCUT2D eigenvalue weighted by molar-refractivity contribution is -0.153. The largest absolute Gasteiger partial charge is 0.481 e. The number of ether oxygens (including phenoxy) is 1. The molecule has 1 saturated heterocycles. The number of nitrogens with one attached hydrogen (secondary N) is 1. The van der Waals surface area contributed by atoms with Crippen LogP contribution in [0.3, 0.4) is 0 Å². The van der Waals surface area contributed by atoms with Crippen molar-refractivity contribution in [2.75, 3.05) is 26.7 Å². The molecule has 218 valence electrons. The molecule has 0 spiro atoms. The third kappa shape index (κ3) is 5.39. The SMILES string of the molecule is CN(C(=O)C1(NC(=O)OCC2c3ccccc3-c3ccccc32)CCN(Cc2ccccc2)CC1)C1CC(C(=O)O)C1. The van der Waals surface area contributed by atoms with Crippen LogP contribution in [0.15, 0.2) is 78.9 Å². The summed E-state index contributed by atoms with van der Waals surface area (Å²) >= 11 is 0. The van der Waals surface area contributed by atoms with Crippen LogP contribution in [0.1, 0.15) is 48.3 Å². The van der Waals surface area contributed by atoms with E-state index in [1.165, 1.54) is 5.56 Å². The maximum Gasteiger partial charge on any atom is 0.408 e. The summed E-state index contributed by atoms with van der Waals surface area (Å²) in [6, 6.07) is 26.4. The third-order valence-corrected chi connectivity index (χ3v) is 9.38. The van der Waals surface area contributed by atoms with E-state index in [-0.39, 0.29) is 24.5 Å². The van der Waals surface area contributed by atoms with E-state index in [9.17, 15) is 19.5 Å². The Morgan fingerprint density at radius 1 is 0.905 bits per heavy atom. The summed E-state index contributed by atoms with van der Waals surface area (Å²) in [5.74, 6) is -1.51. The van der Waals surface area contributed by atoms with E-state index in [4.69, 9.17) is 4.74 Å². The first kappa shape index (κ1) is 28.0. The average molecular weight is 568 g/mol. The predicted molar refractivity (Wildman–Crippen MR) is 159 cm³/mol. The molecular formula is C34H37N3O5. The Hall–Kier alpha value is -4.17. The second-order valence-electron chi connectivity index (χ2n) is 11.9. The Labute approximate surface area is 246 Å². The summed E-state index contributed by atoms with van der Waals surface area (Å²) < 4.78 is 5.86. The van der Waals surface area contributed by atoms with Gasteiger partial charge in [0.15, 0.2) is 0 Å². The quantitative estimate of drug-likeness (QED) is 0.403. The number of piperidine rings is 1. The molecule has 0 aromatic heterocycles. The number of amides is 2. The number of carbonyl (C=O) groups is 3. The summed E-state index contributed by atoms with van der Waals surface area (Å²) in [6.45, 7) is 2.22. The van der Waals surface area contributed by atoms with Gasteiger partial charge in [0.2, 0.25) is 5.91 Å². The number of carboxylic acid groups (broad SMARTS) is 1. The topological polar surface area (TPSA) is 99.2 Å². The van der Waals surface area contributed by atoms with E-state index in [0.29, 0.717) is 38.8 Å². The first-order valence-corrected chi connectivity index (χ1v) is 14.7. The molecule has 2 N–H and O–H groups in total. The van der Waals surface area contributed by atoms with Gasteiger partial charge in [0.25, 0.3) is 0 Å². The third-order valence-electron chi connectivity index (χ3n) is 9.38. The summed E-state index contributed by atoms with van der Waals surface area (Å²) in [6.07, 6.45) is 1.15. The maximum atomic E-state index is 14.0. The van der Waals surface area contributed by atoms with Crippen LogP contribution in [-0.2, 0) is 20.9 Å². The Bertz CT molecular complexity index is 1420. The second kappa shape index (κ2) is 11.6. The number of nitrogens with zero attached hydrogens (tertiary/aromatic N) is 2. The van der Waals surface area contributed by atoms with Gasteiger partial charge in [-0.05, 0) is 53.5 Å². The highest BCUT2D eigenvalue weighted by molar-refractivity contribution is 5.90. The highest BCUT2D eigenvalue weighted by Gasteiger charge is 2.48. The number of alkyl carbamates (subject to hydrolysis) is 1. The minimum absolute atomic E-state index is 0.0758. The minimum atomic E-state index is -1.11. The van der Waals surface area contributed by atoms with Gasteiger partial charge >= 0.3 is 12.1 Å². The summed E-state index contributed by atoms with van der Waals surface area (Å²) in [4.78, 5) is 42.7. The number of carboxylic acids is 1. The lowest BCUT2D eigenvalue weighted by atomic mass is 9.78. The fourth-order valence-corrected chi connectivity index (χ4v) is 6.77. The Morgan fingerprint density at radius 3 is 2.07 bits per heavy atom. The molecule has 1 heterocycles. The van der Waals surface area contributed by atoms with Gasteiger partial charge in [-0.25, -0.2) is 4.79 Å². The van der Waals surface area contributed by atoms with Crippen LogP contribution in [0.2, 0.25) is 0 Å². The number of hydrogen-bond acceptors (Lipinski definition) is 5. The number of fused-ring (bicyclic) bond motifs is 3. The Kier molecular flexibility index (Phi) is 7.73. The van der Waals surface area contributed by atoms with Crippen LogP contribution in [-0.4, -0.2) is 71.2 Å². The molecule has 1 aliphatic heterocycles. The highest BCUT2D eigenvalue weighted by atomic mass is 16.5. The monoisotopic (exact) mass is 567 g/mol. The van der Waals surface area contributed by atoms with Crippen LogP contribution in [0.5, 0.6) is 0 Å². The van der Waals surface area contributed by atoms with Crippen molar-refractivity contribution >= 4 is 18.0 Å². The van der Waals surface area contributed by atoms with Gasteiger partial charge in [0, 0.05) is 38.6 Å². The molecule has 0 radical (unpaired) electrons. The second-order valence-corrected chi connectivity index (χ2v) is 11.9. The number of aliphatic carboxylic acids is 1. The standard InChI is InChI=1S/C34H37N3O5/c1-36(25-19-24(20-25)31(38)39)32(40)34(15-17-37(18-16-34)21-23-9-3-2-4-10-23)35-33(41)42-22-30-28-13-7-5-11-26(28)27-12-6-8-14-29(27)30/h2-14,24-25,30H,15-22H2,1H3,(H,35,41)(H,38,39). The fourth-order valence-electron chi connectivity index (χ4n) is 6.77. The van der Waals surface area contributed by atoms with Crippen molar-refractivity contribution in [1.82, 2.24) is 15.1 Å². The van der Waals surface area contributed by atoms with E-state index in [0.717, 1.165) is 28.8 Å². The zero-order valence-electron chi connectivity index (χ0n) is 23.9. The first-order valence-electron chi connectivity index (χ1n) is 14.7. The van der Waals surface area contributed by atoms with Crippen molar-refractivity contribution < 1.29 is 24.2 Å². The van der Waals surface area contributed by atoms with Gasteiger partial charge < -0.3 is 20.1 Å². The molecule has 8 heteroatoms. The van der Waals surface area contributed by atoms with Crippen molar-refractivity contribution in [1.29, 1.82) is 0 Å². The Balaban J connectivity index is 1.15. The number of carbonyl (C=O) groups excluding carboxylic acids is 2.